The molecule has 0 spiro atoms. The van der Waals surface area contributed by atoms with Crippen molar-refractivity contribution in [3.63, 3.8) is 0 Å². The van der Waals surface area contributed by atoms with Gasteiger partial charge in [0, 0.05) is 24.7 Å². The minimum absolute atomic E-state index is 0.0703. The molecule has 1 aromatic carbocycles. The third-order valence-electron chi connectivity index (χ3n) is 3.30. The standard InChI is InChI=1S/C16H20N2O2S/c1-3-18-16(10-13-6-5-9-17-12-13)14-7-4-8-15(11-14)21(2,19)20/h4-9,11-12,16,18H,3,10H2,1-2H3. The summed E-state index contributed by atoms with van der Waals surface area (Å²) in [7, 11) is -3.19. The Bertz CT molecular complexity index is 684. The van der Waals surface area contributed by atoms with E-state index in [0.717, 1.165) is 24.1 Å². The van der Waals surface area contributed by atoms with Crippen LogP contribution in [0.25, 0.3) is 0 Å². The van der Waals surface area contributed by atoms with Gasteiger partial charge >= 0.3 is 0 Å². The molecule has 1 unspecified atom stereocenters. The lowest BCUT2D eigenvalue weighted by Gasteiger charge is -2.19. The minimum atomic E-state index is -3.19. The van der Waals surface area contributed by atoms with Crippen molar-refractivity contribution in [2.24, 2.45) is 0 Å². The summed E-state index contributed by atoms with van der Waals surface area (Å²) in [6, 6.07) is 11.1. The fourth-order valence-corrected chi connectivity index (χ4v) is 2.95. The Hall–Kier alpha value is -1.72. The summed E-state index contributed by atoms with van der Waals surface area (Å²) in [5, 5.41) is 3.40. The molecule has 0 aliphatic rings. The third-order valence-corrected chi connectivity index (χ3v) is 4.41. The molecular formula is C16H20N2O2S. The third kappa shape index (κ3) is 4.37. The molecule has 0 radical (unpaired) electrons. The molecule has 0 amide bonds. The van der Waals surface area contributed by atoms with Crippen molar-refractivity contribution >= 4 is 9.84 Å². The Morgan fingerprint density at radius 3 is 2.67 bits per heavy atom. The predicted octanol–water partition coefficient (Wildman–Crippen LogP) is 2.38. The minimum Gasteiger partial charge on any atom is -0.310 e. The van der Waals surface area contributed by atoms with Gasteiger partial charge in [0.15, 0.2) is 9.84 Å². The smallest absolute Gasteiger partial charge is 0.175 e. The molecule has 1 atom stereocenters. The normalized spacial score (nSPS) is 13.0. The van der Waals surface area contributed by atoms with E-state index in [-0.39, 0.29) is 6.04 Å². The first-order valence-electron chi connectivity index (χ1n) is 6.93. The highest BCUT2D eigenvalue weighted by atomic mass is 32.2. The van der Waals surface area contributed by atoms with Crippen LogP contribution in [-0.4, -0.2) is 26.2 Å². The molecule has 1 aromatic heterocycles. The van der Waals surface area contributed by atoms with Crippen molar-refractivity contribution in [1.29, 1.82) is 0 Å². The van der Waals surface area contributed by atoms with Crippen LogP contribution >= 0.6 is 0 Å². The number of hydrogen-bond donors (Lipinski definition) is 1. The number of pyridine rings is 1. The summed E-state index contributed by atoms with van der Waals surface area (Å²) in [6.45, 7) is 2.85. The molecule has 112 valence electrons. The van der Waals surface area contributed by atoms with E-state index in [1.807, 2.05) is 31.3 Å². The van der Waals surface area contributed by atoms with E-state index in [9.17, 15) is 8.42 Å². The summed E-state index contributed by atoms with van der Waals surface area (Å²) >= 11 is 0. The van der Waals surface area contributed by atoms with Crippen molar-refractivity contribution in [3.05, 3.63) is 59.9 Å². The van der Waals surface area contributed by atoms with Gasteiger partial charge in [-0.2, -0.15) is 0 Å². The molecule has 1 heterocycles. The van der Waals surface area contributed by atoms with E-state index in [0.29, 0.717) is 4.90 Å². The van der Waals surface area contributed by atoms with Gasteiger partial charge in [0.1, 0.15) is 0 Å². The van der Waals surface area contributed by atoms with Gasteiger partial charge in [-0.15, -0.1) is 0 Å². The summed E-state index contributed by atoms with van der Waals surface area (Å²) in [6.07, 6.45) is 5.59. The number of sulfone groups is 1. The topological polar surface area (TPSA) is 59.1 Å². The van der Waals surface area contributed by atoms with E-state index in [1.54, 1.807) is 24.4 Å². The zero-order valence-corrected chi connectivity index (χ0v) is 13.1. The maximum atomic E-state index is 11.7. The first kappa shape index (κ1) is 15.7. The second-order valence-electron chi connectivity index (χ2n) is 5.02. The zero-order chi connectivity index (χ0) is 15.3. The van der Waals surface area contributed by atoms with Crippen LogP contribution in [0.4, 0.5) is 0 Å². The molecule has 0 bridgehead atoms. The van der Waals surface area contributed by atoms with Gasteiger partial charge in [-0.25, -0.2) is 8.42 Å². The van der Waals surface area contributed by atoms with Crippen molar-refractivity contribution in [2.45, 2.75) is 24.3 Å². The van der Waals surface area contributed by atoms with E-state index in [2.05, 4.69) is 10.3 Å². The Morgan fingerprint density at radius 2 is 2.05 bits per heavy atom. The summed E-state index contributed by atoms with van der Waals surface area (Å²) in [5.74, 6) is 0. The van der Waals surface area contributed by atoms with E-state index in [1.165, 1.54) is 6.26 Å². The lowest BCUT2D eigenvalue weighted by molar-refractivity contribution is 0.547. The molecule has 0 fully saturated rings. The van der Waals surface area contributed by atoms with Crippen molar-refractivity contribution in [2.75, 3.05) is 12.8 Å². The van der Waals surface area contributed by atoms with E-state index >= 15 is 0 Å². The number of rotatable bonds is 6. The van der Waals surface area contributed by atoms with Gasteiger partial charge in [-0.1, -0.05) is 25.1 Å². The van der Waals surface area contributed by atoms with Crippen LogP contribution in [0.1, 0.15) is 24.1 Å². The van der Waals surface area contributed by atoms with Gasteiger partial charge in [0.05, 0.1) is 4.90 Å². The summed E-state index contributed by atoms with van der Waals surface area (Å²) < 4.78 is 23.4. The van der Waals surface area contributed by atoms with Crippen LogP contribution in [0.2, 0.25) is 0 Å². The van der Waals surface area contributed by atoms with Crippen LogP contribution in [0, 0.1) is 0 Å². The van der Waals surface area contributed by atoms with Crippen molar-refractivity contribution in [3.8, 4) is 0 Å². The van der Waals surface area contributed by atoms with Gasteiger partial charge < -0.3 is 5.32 Å². The van der Waals surface area contributed by atoms with Gasteiger partial charge in [-0.3, -0.25) is 4.98 Å². The van der Waals surface area contributed by atoms with Crippen LogP contribution < -0.4 is 5.32 Å². The molecule has 2 aromatic rings. The lowest BCUT2D eigenvalue weighted by atomic mass is 10.00. The summed E-state index contributed by atoms with van der Waals surface area (Å²) in [5.41, 5.74) is 2.09. The van der Waals surface area contributed by atoms with Gasteiger partial charge in [0.2, 0.25) is 0 Å². The molecule has 0 saturated carbocycles. The maximum Gasteiger partial charge on any atom is 0.175 e. The van der Waals surface area contributed by atoms with Gasteiger partial charge in [-0.05, 0) is 42.3 Å². The van der Waals surface area contributed by atoms with Crippen LogP contribution in [-0.2, 0) is 16.3 Å². The number of aromatic nitrogens is 1. The fraction of sp³-hybridized carbons (Fsp3) is 0.312. The molecule has 0 aliphatic heterocycles. The van der Waals surface area contributed by atoms with Crippen molar-refractivity contribution < 1.29 is 8.42 Å². The van der Waals surface area contributed by atoms with Gasteiger partial charge in [0.25, 0.3) is 0 Å². The monoisotopic (exact) mass is 304 g/mol. The molecule has 5 heteroatoms. The van der Waals surface area contributed by atoms with E-state index < -0.39 is 9.84 Å². The molecule has 2 rings (SSSR count). The first-order valence-corrected chi connectivity index (χ1v) is 8.82. The highest BCUT2D eigenvalue weighted by Crippen LogP contribution is 2.21. The quantitative estimate of drug-likeness (QED) is 0.890. The van der Waals surface area contributed by atoms with Crippen LogP contribution in [0.5, 0.6) is 0 Å². The number of likely N-dealkylation sites (N-methyl/N-ethyl adjacent to an activating group) is 1. The maximum absolute atomic E-state index is 11.7. The Labute approximate surface area is 126 Å². The molecular weight excluding hydrogens is 284 g/mol. The molecule has 0 saturated heterocycles. The first-order chi connectivity index (χ1) is 10.0. The molecule has 4 nitrogen and oxygen atoms in total. The number of hydrogen-bond acceptors (Lipinski definition) is 4. The van der Waals surface area contributed by atoms with E-state index in [4.69, 9.17) is 0 Å². The van der Waals surface area contributed by atoms with Crippen LogP contribution in [0.3, 0.4) is 0 Å². The SMILES string of the molecule is CCNC(Cc1cccnc1)c1cccc(S(C)(=O)=O)c1. The Kier molecular flexibility index (Phi) is 5.09. The second kappa shape index (κ2) is 6.83. The van der Waals surface area contributed by atoms with Crippen LogP contribution in [0.15, 0.2) is 53.7 Å². The number of nitrogens with zero attached hydrogens (tertiary/aromatic N) is 1. The largest absolute Gasteiger partial charge is 0.310 e. The molecule has 21 heavy (non-hydrogen) atoms. The zero-order valence-electron chi connectivity index (χ0n) is 12.3. The fourth-order valence-electron chi connectivity index (χ4n) is 2.27. The average Bonchev–Trinajstić information content (AvgIpc) is 2.47. The number of benzene rings is 1. The van der Waals surface area contributed by atoms with Crippen molar-refractivity contribution in [1.82, 2.24) is 10.3 Å². The molecule has 1 N–H and O–H groups in total. The lowest BCUT2D eigenvalue weighted by Crippen LogP contribution is -2.23. The Morgan fingerprint density at radius 1 is 1.24 bits per heavy atom. The predicted molar refractivity (Wildman–Crippen MR) is 83.9 cm³/mol. The Balaban J connectivity index is 2.30. The molecule has 0 aliphatic carbocycles. The highest BCUT2D eigenvalue weighted by Gasteiger charge is 2.14. The second-order valence-corrected chi connectivity index (χ2v) is 7.04. The highest BCUT2D eigenvalue weighted by molar-refractivity contribution is 7.90. The average molecular weight is 304 g/mol. The number of nitrogens with one attached hydrogen (secondary N) is 1. The summed E-state index contributed by atoms with van der Waals surface area (Å²) in [4.78, 5) is 4.48.